The van der Waals surface area contributed by atoms with Crippen molar-refractivity contribution in [1.82, 2.24) is 9.97 Å². The summed E-state index contributed by atoms with van der Waals surface area (Å²) in [7, 11) is 0. The first-order valence-corrected chi connectivity index (χ1v) is 7.29. The predicted octanol–water partition coefficient (Wildman–Crippen LogP) is 1.75. The second kappa shape index (κ2) is 6.70. The van der Waals surface area contributed by atoms with Crippen LogP contribution < -0.4 is 16.4 Å². The van der Waals surface area contributed by atoms with Gasteiger partial charge in [0.25, 0.3) is 5.91 Å². The van der Waals surface area contributed by atoms with Crippen molar-refractivity contribution in [2.45, 2.75) is 64.5 Å². The highest BCUT2D eigenvalue weighted by Gasteiger charge is 2.27. The number of rotatable bonds is 4. The fourth-order valence-electron chi connectivity index (χ4n) is 1.95. The van der Waals surface area contributed by atoms with Gasteiger partial charge in [0.1, 0.15) is 5.82 Å². The summed E-state index contributed by atoms with van der Waals surface area (Å²) in [6.45, 7) is 6.87. The zero-order valence-electron chi connectivity index (χ0n) is 18.7. The van der Waals surface area contributed by atoms with Crippen LogP contribution in [0.5, 0.6) is 0 Å². The van der Waals surface area contributed by atoms with Crippen molar-refractivity contribution in [1.29, 1.82) is 0 Å². The molecule has 1 aromatic rings. The summed E-state index contributed by atoms with van der Waals surface area (Å²) in [6.07, 6.45) is -5.18. The van der Waals surface area contributed by atoms with Crippen LogP contribution >= 0.6 is 0 Å². The van der Waals surface area contributed by atoms with E-state index in [4.69, 9.17) is 12.6 Å². The lowest BCUT2D eigenvalue weighted by Gasteiger charge is -2.32. The van der Waals surface area contributed by atoms with Crippen LogP contribution in [-0.2, 0) is 0 Å². The van der Waals surface area contributed by atoms with Crippen molar-refractivity contribution in [2.24, 2.45) is 11.6 Å². The van der Waals surface area contributed by atoms with E-state index in [0.29, 0.717) is 0 Å². The minimum atomic E-state index is -2.20. The van der Waals surface area contributed by atoms with Gasteiger partial charge in [-0.15, -0.1) is 0 Å². The van der Waals surface area contributed by atoms with Crippen LogP contribution in [0.1, 0.15) is 64.1 Å². The highest BCUT2D eigenvalue weighted by atomic mass is 16.3. The Labute approximate surface area is 144 Å². The maximum Gasteiger partial charge on any atom is 0.254 e. The van der Waals surface area contributed by atoms with Crippen molar-refractivity contribution in [3.8, 4) is 0 Å². The second-order valence-corrected chi connectivity index (χ2v) is 6.46. The lowest BCUT2D eigenvalue weighted by Crippen LogP contribution is -2.36. The number of aliphatic hydroxyl groups is 1. The summed E-state index contributed by atoms with van der Waals surface area (Å²) in [6, 6.07) is -2.20. The first-order chi connectivity index (χ1) is 12.6. The number of nitrogens with two attached hydrogens (primary N) is 1. The number of primary amides is 1. The van der Waals surface area contributed by atoms with Gasteiger partial charge >= 0.3 is 0 Å². The number of hydrogen-bond acceptors (Lipinski definition) is 6. The van der Waals surface area contributed by atoms with Crippen LogP contribution in [0.3, 0.4) is 0 Å². The zero-order valence-corrected chi connectivity index (χ0v) is 13.7. The van der Waals surface area contributed by atoms with Crippen LogP contribution in [0.25, 0.3) is 0 Å². The molecule has 1 heterocycles. The van der Waals surface area contributed by atoms with Gasteiger partial charge in [-0.25, -0.2) is 4.98 Å². The van der Waals surface area contributed by atoms with Crippen LogP contribution in [0.4, 0.5) is 11.8 Å². The largest absolute Gasteiger partial charge is 0.393 e. The molecule has 6 atom stereocenters. The molecule has 1 amide bonds. The lowest BCUT2D eigenvalue weighted by atomic mass is 9.85. The minimum absolute atomic E-state index is 0.135. The molecule has 23 heavy (non-hydrogen) atoms. The van der Waals surface area contributed by atoms with Gasteiger partial charge < -0.3 is 21.5 Å². The van der Waals surface area contributed by atoms with Gasteiger partial charge in [0.2, 0.25) is 5.95 Å². The quantitative estimate of drug-likeness (QED) is 0.670. The zero-order chi connectivity index (χ0) is 21.7. The first-order valence-electron chi connectivity index (χ1n) is 10.0. The third-order valence-corrected chi connectivity index (χ3v) is 3.13. The Hall–Kier alpha value is -1.89. The maximum absolute atomic E-state index is 11.8. The molecule has 128 valence electrons. The molecule has 0 saturated heterocycles. The standard InChI is InChI=1S/C16H27N5O2/c1-9-5-6-10(7-12(9)22)19-14-11(13(17)23)8-18-15(20-14)21-16(2,3)4/h8-10,12,22H,5-7H2,1-4H3,(H2,17,23)(H2,18,19,20,21)/i5D,6D,7D,9D,10D. The first kappa shape index (κ1) is 11.6. The smallest absolute Gasteiger partial charge is 0.254 e. The third-order valence-electron chi connectivity index (χ3n) is 3.13. The Morgan fingerprint density at radius 3 is 2.83 bits per heavy atom. The van der Waals surface area contributed by atoms with Crippen LogP contribution in [0, 0.1) is 5.89 Å². The van der Waals surface area contributed by atoms with Gasteiger partial charge in [0.05, 0.1) is 13.0 Å². The number of aromatic nitrogens is 2. The van der Waals surface area contributed by atoms with Crippen LogP contribution in [0.2, 0.25) is 0 Å². The van der Waals surface area contributed by atoms with Gasteiger partial charge in [-0.05, 0) is 45.9 Å². The Morgan fingerprint density at radius 2 is 2.22 bits per heavy atom. The van der Waals surface area contributed by atoms with E-state index in [0.717, 1.165) is 0 Å². The molecule has 0 aromatic carbocycles. The van der Waals surface area contributed by atoms with Crippen molar-refractivity contribution >= 4 is 17.7 Å². The lowest BCUT2D eigenvalue weighted by molar-refractivity contribution is 0.0739. The molecule has 1 aromatic heterocycles. The van der Waals surface area contributed by atoms with E-state index in [1.54, 1.807) is 0 Å². The number of anilines is 2. The monoisotopic (exact) mass is 326 g/mol. The number of aliphatic hydroxyl groups excluding tert-OH is 1. The van der Waals surface area contributed by atoms with Gasteiger partial charge in [0, 0.05) is 23.2 Å². The molecule has 0 aliphatic heterocycles. The van der Waals surface area contributed by atoms with Crippen molar-refractivity contribution in [2.75, 3.05) is 10.6 Å². The molecule has 1 aliphatic carbocycles. The molecule has 1 aliphatic rings. The third kappa shape index (κ3) is 4.79. The molecular formula is C16H27N5O2. The van der Waals surface area contributed by atoms with Gasteiger partial charge in [-0.3, -0.25) is 4.79 Å². The highest BCUT2D eigenvalue weighted by Crippen LogP contribution is 2.27. The average molecular weight is 326 g/mol. The highest BCUT2D eigenvalue weighted by molar-refractivity contribution is 5.97. The molecule has 7 nitrogen and oxygen atoms in total. The summed E-state index contributed by atoms with van der Waals surface area (Å²) in [4.78, 5) is 20.0. The Kier molecular flexibility index (Phi) is 3.38. The molecule has 0 radical (unpaired) electrons. The van der Waals surface area contributed by atoms with E-state index in [1.165, 1.54) is 13.1 Å². The summed E-state index contributed by atoms with van der Waals surface area (Å²) in [5.41, 5.74) is 4.80. The van der Waals surface area contributed by atoms with Crippen molar-refractivity contribution < 1.29 is 16.8 Å². The number of amides is 1. The van der Waals surface area contributed by atoms with Crippen molar-refractivity contribution in [3.63, 3.8) is 0 Å². The molecular weight excluding hydrogens is 294 g/mol. The van der Waals surface area contributed by atoms with E-state index >= 15 is 0 Å². The molecule has 1 saturated carbocycles. The van der Waals surface area contributed by atoms with E-state index in [9.17, 15) is 9.90 Å². The summed E-state index contributed by atoms with van der Waals surface area (Å²) >= 11 is 0. The summed E-state index contributed by atoms with van der Waals surface area (Å²) in [5.74, 6) is -2.70. The number of nitrogens with zero attached hydrogens (tertiary/aromatic N) is 2. The molecule has 6 unspecified atom stereocenters. The van der Waals surface area contributed by atoms with E-state index in [1.807, 2.05) is 20.8 Å². The predicted molar refractivity (Wildman–Crippen MR) is 90.4 cm³/mol. The summed E-state index contributed by atoms with van der Waals surface area (Å²) < 4.78 is 41.3. The maximum atomic E-state index is 11.8. The molecule has 5 N–H and O–H groups in total. The van der Waals surface area contributed by atoms with Crippen LogP contribution in [-0.4, -0.2) is 38.6 Å². The SMILES string of the molecule is [2H]C1C([2H])C([2H])(Nc2nc(NC(C)(C)C)ncc2C(N)=O)C([2H])C(O)C1([2H])C. The van der Waals surface area contributed by atoms with Crippen molar-refractivity contribution in [3.05, 3.63) is 11.8 Å². The van der Waals surface area contributed by atoms with E-state index < -0.39 is 48.7 Å². The Morgan fingerprint density at radius 1 is 1.52 bits per heavy atom. The second-order valence-electron chi connectivity index (χ2n) is 6.46. The molecule has 7 heteroatoms. The Bertz CT molecular complexity index is 739. The Balaban J connectivity index is 2.49. The topological polar surface area (TPSA) is 113 Å². The molecule has 0 spiro atoms. The van der Waals surface area contributed by atoms with Gasteiger partial charge in [-0.2, -0.15) is 4.98 Å². The molecule has 1 fully saturated rings. The number of hydrogen-bond donors (Lipinski definition) is 4. The van der Waals surface area contributed by atoms with E-state index in [-0.39, 0.29) is 17.3 Å². The number of nitrogens with one attached hydrogen (secondary N) is 2. The minimum Gasteiger partial charge on any atom is -0.393 e. The summed E-state index contributed by atoms with van der Waals surface area (Å²) in [5, 5.41) is 15.9. The van der Waals surface area contributed by atoms with E-state index in [2.05, 4.69) is 20.6 Å². The van der Waals surface area contributed by atoms with Gasteiger partial charge in [-0.1, -0.05) is 6.92 Å². The average Bonchev–Trinajstić information content (AvgIpc) is 2.56. The number of carbonyl (C=O) groups excluding carboxylic acids is 1. The van der Waals surface area contributed by atoms with Crippen LogP contribution in [0.15, 0.2) is 6.20 Å². The fraction of sp³-hybridized carbons (Fsp3) is 0.688. The normalized spacial score (nSPS) is 44.1. The van der Waals surface area contributed by atoms with Gasteiger partial charge in [0.15, 0.2) is 0 Å². The fourth-order valence-corrected chi connectivity index (χ4v) is 1.95. The molecule has 0 bridgehead atoms. The number of carbonyl (C=O) groups is 1. The molecule has 2 rings (SSSR count).